The van der Waals surface area contributed by atoms with E-state index in [9.17, 15) is 0 Å². The second-order valence-electron chi connectivity index (χ2n) is 3.42. The van der Waals surface area contributed by atoms with E-state index in [1.807, 2.05) is 31.0 Å². The molecule has 0 fully saturated rings. The lowest BCUT2D eigenvalue weighted by Crippen LogP contribution is -2.24. The Morgan fingerprint density at radius 2 is 2.40 bits per heavy atom. The molecule has 0 amide bonds. The van der Waals surface area contributed by atoms with Crippen molar-refractivity contribution in [2.45, 2.75) is 13.3 Å². The number of amidine groups is 1. The molecule has 1 aromatic heterocycles. The molecule has 1 aromatic rings. The Balaban J connectivity index is 2.57. The molecule has 82 valence electrons. The van der Waals surface area contributed by atoms with Gasteiger partial charge in [0.25, 0.3) is 0 Å². The smallest absolute Gasteiger partial charge is 0.140 e. The number of anilines is 1. The highest BCUT2D eigenvalue weighted by molar-refractivity contribution is 5.80. The average molecular weight is 208 g/mol. The van der Waals surface area contributed by atoms with Gasteiger partial charge < -0.3 is 15.8 Å². The summed E-state index contributed by atoms with van der Waals surface area (Å²) in [6.45, 7) is 2.65. The molecule has 3 N–H and O–H groups in total. The second kappa shape index (κ2) is 5.19. The molecular formula is C10H16N4O. The van der Waals surface area contributed by atoms with Crippen LogP contribution in [0.15, 0.2) is 23.5 Å². The summed E-state index contributed by atoms with van der Waals surface area (Å²) in [4.78, 5) is 6.15. The SMILES string of the molecule is Cc1cc(N(C)CC/C(N)=N/O)ccn1. The molecule has 0 spiro atoms. The number of hydrogen-bond donors (Lipinski definition) is 2. The molecule has 0 aliphatic rings. The molecule has 15 heavy (non-hydrogen) atoms. The van der Waals surface area contributed by atoms with Crippen LogP contribution in [0.1, 0.15) is 12.1 Å². The van der Waals surface area contributed by atoms with E-state index in [2.05, 4.69) is 10.1 Å². The van der Waals surface area contributed by atoms with Crippen molar-refractivity contribution >= 4 is 11.5 Å². The maximum Gasteiger partial charge on any atom is 0.140 e. The van der Waals surface area contributed by atoms with E-state index in [-0.39, 0.29) is 5.84 Å². The minimum Gasteiger partial charge on any atom is -0.409 e. The first-order valence-electron chi connectivity index (χ1n) is 4.73. The summed E-state index contributed by atoms with van der Waals surface area (Å²) in [5.41, 5.74) is 7.44. The van der Waals surface area contributed by atoms with Crippen molar-refractivity contribution in [1.29, 1.82) is 0 Å². The zero-order valence-corrected chi connectivity index (χ0v) is 9.01. The van der Waals surface area contributed by atoms with E-state index in [0.29, 0.717) is 13.0 Å². The van der Waals surface area contributed by atoms with Gasteiger partial charge in [0.1, 0.15) is 5.84 Å². The van der Waals surface area contributed by atoms with Gasteiger partial charge in [0.05, 0.1) is 0 Å². The van der Waals surface area contributed by atoms with Crippen LogP contribution < -0.4 is 10.6 Å². The van der Waals surface area contributed by atoms with Gasteiger partial charge >= 0.3 is 0 Å². The van der Waals surface area contributed by atoms with Crippen LogP contribution in [-0.2, 0) is 0 Å². The molecule has 5 nitrogen and oxygen atoms in total. The highest BCUT2D eigenvalue weighted by Gasteiger charge is 2.02. The number of pyridine rings is 1. The molecule has 0 saturated carbocycles. The van der Waals surface area contributed by atoms with Gasteiger partial charge in [-0.05, 0) is 19.1 Å². The summed E-state index contributed by atoms with van der Waals surface area (Å²) >= 11 is 0. The van der Waals surface area contributed by atoms with Crippen molar-refractivity contribution in [3.63, 3.8) is 0 Å². The zero-order valence-electron chi connectivity index (χ0n) is 9.01. The Bertz CT molecular complexity index is 351. The summed E-state index contributed by atoms with van der Waals surface area (Å²) in [7, 11) is 1.96. The third kappa shape index (κ3) is 3.46. The van der Waals surface area contributed by atoms with Gasteiger partial charge in [-0.25, -0.2) is 0 Å². The summed E-state index contributed by atoms with van der Waals surface area (Å²) in [6, 6.07) is 3.92. The molecule has 0 saturated heterocycles. The quantitative estimate of drug-likeness (QED) is 0.334. The standard InChI is InChI=1S/C10H16N4O/c1-8-7-9(3-5-12-8)14(2)6-4-10(11)13-15/h3,5,7,15H,4,6H2,1-2H3,(H2,11,13). The van der Waals surface area contributed by atoms with E-state index in [1.165, 1.54) is 0 Å². The maximum absolute atomic E-state index is 8.40. The first kappa shape index (κ1) is 11.3. The van der Waals surface area contributed by atoms with Crippen LogP contribution in [-0.4, -0.2) is 29.6 Å². The molecule has 1 rings (SSSR count). The van der Waals surface area contributed by atoms with Crippen molar-refractivity contribution < 1.29 is 5.21 Å². The van der Waals surface area contributed by atoms with Crippen molar-refractivity contribution in [3.05, 3.63) is 24.0 Å². The summed E-state index contributed by atoms with van der Waals surface area (Å²) in [5, 5.41) is 11.3. The summed E-state index contributed by atoms with van der Waals surface area (Å²) in [5.74, 6) is 0.243. The lowest BCUT2D eigenvalue weighted by molar-refractivity contribution is 0.317. The maximum atomic E-state index is 8.40. The highest BCUT2D eigenvalue weighted by atomic mass is 16.4. The van der Waals surface area contributed by atoms with E-state index in [0.717, 1.165) is 11.4 Å². The first-order valence-corrected chi connectivity index (χ1v) is 4.73. The predicted molar refractivity (Wildman–Crippen MR) is 60.3 cm³/mol. The van der Waals surface area contributed by atoms with E-state index in [4.69, 9.17) is 10.9 Å². The molecule has 0 bridgehead atoms. The molecular weight excluding hydrogens is 192 g/mol. The Morgan fingerprint density at radius 3 is 3.00 bits per heavy atom. The fraction of sp³-hybridized carbons (Fsp3) is 0.400. The molecule has 0 aliphatic heterocycles. The summed E-state index contributed by atoms with van der Waals surface area (Å²) in [6.07, 6.45) is 2.30. The van der Waals surface area contributed by atoms with Crippen LogP contribution in [0.25, 0.3) is 0 Å². The predicted octanol–water partition coefficient (Wildman–Crippen LogP) is 0.963. The minimum atomic E-state index is 0.243. The molecule has 0 atom stereocenters. The van der Waals surface area contributed by atoms with Crippen LogP contribution in [0.3, 0.4) is 0 Å². The Hall–Kier alpha value is -1.78. The van der Waals surface area contributed by atoms with Crippen molar-refractivity contribution in [1.82, 2.24) is 4.98 Å². The van der Waals surface area contributed by atoms with Gasteiger partial charge in [-0.15, -0.1) is 0 Å². The first-order chi connectivity index (χ1) is 7.13. The van der Waals surface area contributed by atoms with Crippen LogP contribution in [0.5, 0.6) is 0 Å². The minimum absolute atomic E-state index is 0.243. The molecule has 0 radical (unpaired) electrons. The molecule has 0 aromatic carbocycles. The Labute approximate surface area is 89.2 Å². The number of oxime groups is 1. The van der Waals surface area contributed by atoms with Crippen molar-refractivity contribution in [3.8, 4) is 0 Å². The van der Waals surface area contributed by atoms with Crippen LogP contribution in [0, 0.1) is 6.92 Å². The molecule has 0 aliphatic carbocycles. The van der Waals surface area contributed by atoms with Gasteiger partial charge in [0.15, 0.2) is 0 Å². The molecule has 1 heterocycles. The number of aromatic nitrogens is 1. The number of hydrogen-bond acceptors (Lipinski definition) is 4. The number of aryl methyl sites for hydroxylation is 1. The van der Waals surface area contributed by atoms with Crippen LogP contribution >= 0.6 is 0 Å². The lowest BCUT2D eigenvalue weighted by Gasteiger charge is -2.18. The second-order valence-corrected chi connectivity index (χ2v) is 3.42. The normalized spacial score (nSPS) is 11.5. The van der Waals surface area contributed by atoms with Gasteiger partial charge in [-0.2, -0.15) is 0 Å². The fourth-order valence-electron chi connectivity index (χ4n) is 1.23. The van der Waals surface area contributed by atoms with E-state index >= 15 is 0 Å². The Kier molecular flexibility index (Phi) is 3.91. The van der Waals surface area contributed by atoms with Crippen molar-refractivity contribution in [2.75, 3.05) is 18.5 Å². The van der Waals surface area contributed by atoms with E-state index < -0.39 is 0 Å². The molecule has 5 heteroatoms. The largest absolute Gasteiger partial charge is 0.409 e. The lowest BCUT2D eigenvalue weighted by atomic mass is 10.3. The van der Waals surface area contributed by atoms with Gasteiger partial charge in [0.2, 0.25) is 0 Å². The molecule has 0 unspecified atom stereocenters. The van der Waals surface area contributed by atoms with Gasteiger partial charge in [-0.1, -0.05) is 5.16 Å². The Morgan fingerprint density at radius 1 is 1.67 bits per heavy atom. The number of nitrogens with zero attached hydrogens (tertiary/aromatic N) is 3. The fourth-order valence-corrected chi connectivity index (χ4v) is 1.23. The highest BCUT2D eigenvalue weighted by Crippen LogP contribution is 2.12. The van der Waals surface area contributed by atoms with E-state index in [1.54, 1.807) is 6.20 Å². The topological polar surface area (TPSA) is 74.7 Å². The zero-order chi connectivity index (χ0) is 11.3. The monoisotopic (exact) mass is 208 g/mol. The van der Waals surface area contributed by atoms with Crippen LogP contribution in [0.2, 0.25) is 0 Å². The number of nitrogens with two attached hydrogens (primary N) is 1. The third-order valence-corrected chi connectivity index (χ3v) is 2.15. The van der Waals surface area contributed by atoms with Gasteiger partial charge in [0, 0.05) is 37.6 Å². The summed E-state index contributed by atoms with van der Waals surface area (Å²) < 4.78 is 0. The average Bonchev–Trinajstić information content (AvgIpc) is 2.25. The number of rotatable bonds is 4. The van der Waals surface area contributed by atoms with Crippen LogP contribution in [0.4, 0.5) is 5.69 Å². The van der Waals surface area contributed by atoms with Crippen molar-refractivity contribution in [2.24, 2.45) is 10.9 Å². The third-order valence-electron chi connectivity index (χ3n) is 2.15. The van der Waals surface area contributed by atoms with Gasteiger partial charge in [-0.3, -0.25) is 4.98 Å².